The molecule has 0 saturated carbocycles. The smallest absolute Gasteiger partial charge is 0.333 e. The van der Waals surface area contributed by atoms with Crippen molar-refractivity contribution >= 4 is 27.5 Å². The summed E-state index contributed by atoms with van der Waals surface area (Å²) in [4.78, 5) is 44.4. The summed E-state index contributed by atoms with van der Waals surface area (Å²) in [6.07, 6.45) is 3.26. The van der Waals surface area contributed by atoms with E-state index < -0.39 is 34.8 Å². The maximum Gasteiger partial charge on any atom is 0.333 e. The lowest BCUT2D eigenvalue weighted by Gasteiger charge is -2.31. The molecule has 1 N–H and O–H groups in total. The Bertz CT molecular complexity index is 1750. The van der Waals surface area contributed by atoms with E-state index >= 15 is 0 Å². The molecule has 0 bridgehead atoms. The molecule has 1 saturated heterocycles. The molecule has 1 amide bonds. The van der Waals surface area contributed by atoms with Gasteiger partial charge in [0, 0.05) is 36.6 Å². The Kier molecular flexibility index (Phi) is 8.59. The number of hydrogen-bond donors (Lipinski definition) is 1. The fourth-order valence-corrected chi connectivity index (χ4v) is 6.86. The first-order valence-corrected chi connectivity index (χ1v) is 15.0. The van der Waals surface area contributed by atoms with Crippen LogP contribution in [-0.4, -0.2) is 67.7 Å². The van der Waals surface area contributed by atoms with Crippen molar-refractivity contribution < 1.29 is 23.8 Å². The number of carbonyl (C=O) groups excluding carboxylic acids is 1. The lowest BCUT2D eigenvalue weighted by molar-refractivity contribution is -0.138. The number of ether oxygens (including phenoxy) is 2. The largest absolute Gasteiger partial charge is 0.496 e. The Morgan fingerprint density at radius 1 is 1.23 bits per heavy atom. The molecular formula is C30H36FN5O6S. The predicted molar refractivity (Wildman–Crippen MR) is 161 cm³/mol. The Labute approximate surface area is 251 Å². The van der Waals surface area contributed by atoms with Crippen molar-refractivity contribution in [3.63, 3.8) is 0 Å². The van der Waals surface area contributed by atoms with E-state index in [1.54, 1.807) is 55.7 Å². The Morgan fingerprint density at radius 2 is 1.95 bits per heavy atom. The first-order valence-electron chi connectivity index (χ1n) is 14.2. The molecule has 0 radical (unpaired) electrons. The third kappa shape index (κ3) is 5.64. The molecule has 11 nitrogen and oxygen atoms in total. The lowest BCUT2D eigenvalue weighted by atomic mass is 10.0. The normalized spacial score (nSPS) is 15.3. The van der Waals surface area contributed by atoms with E-state index in [4.69, 9.17) is 9.47 Å². The van der Waals surface area contributed by atoms with Crippen LogP contribution in [0, 0.1) is 12.7 Å². The Balaban J connectivity index is 1.77. The van der Waals surface area contributed by atoms with Crippen molar-refractivity contribution in [1.29, 1.82) is 0 Å². The molecule has 1 fully saturated rings. The second-order valence-corrected chi connectivity index (χ2v) is 12.3. The van der Waals surface area contributed by atoms with Gasteiger partial charge in [-0.05, 0) is 64.8 Å². The van der Waals surface area contributed by atoms with Gasteiger partial charge in [-0.3, -0.25) is 14.2 Å². The summed E-state index contributed by atoms with van der Waals surface area (Å²) in [7, 11) is 1.44. The first-order chi connectivity index (χ1) is 20.4. The van der Waals surface area contributed by atoms with Crippen LogP contribution in [-0.2, 0) is 21.6 Å². The second kappa shape index (κ2) is 12.1. The summed E-state index contributed by atoms with van der Waals surface area (Å²) in [6.45, 7) is 7.35. The Hall–Kier alpha value is -3.81. The fourth-order valence-electron chi connectivity index (χ4n) is 5.62. The monoisotopic (exact) mass is 613 g/mol. The van der Waals surface area contributed by atoms with E-state index in [-0.39, 0.29) is 24.4 Å². The highest BCUT2D eigenvalue weighted by Crippen LogP contribution is 2.35. The zero-order valence-electron chi connectivity index (χ0n) is 24.9. The molecule has 5 rings (SSSR count). The number of fused-ring (bicyclic) bond motifs is 1. The quantitative estimate of drug-likeness (QED) is 0.291. The van der Waals surface area contributed by atoms with Crippen molar-refractivity contribution in [2.24, 2.45) is 0 Å². The minimum absolute atomic E-state index is 0.108. The molecule has 3 aromatic heterocycles. The van der Waals surface area contributed by atoms with E-state index in [0.29, 0.717) is 39.8 Å². The minimum atomic E-state index is -1.50. The van der Waals surface area contributed by atoms with Gasteiger partial charge in [-0.15, -0.1) is 0 Å². The second-order valence-electron chi connectivity index (χ2n) is 11.3. The number of rotatable bonds is 10. The van der Waals surface area contributed by atoms with E-state index in [0.717, 1.165) is 17.4 Å². The third-order valence-electron chi connectivity index (χ3n) is 7.80. The standard InChI is InChI=1S/C30H36FN5O6S/c1-18(37)17-42-23(21-15-20(31)9-10-22(21)41-5)16-34-27-24(19(2)26(43-27)35-14-8-11-32-35)25(38)36(29(34)40)30(3,4)28(39)33-12-6-7-13-33/h8-11,14-15,18,23,37H,6-7,12-13,16-17H2,1-5H3/t18-,23+/m1/s1. The minimum Gasteiger partial charge on any atom is -0.496 e. The number of carbonyl (C=O) groups is 1. The molecule has 43 heavy (non-hydrogen) atoms. The fraction of sp³-hybridized carbons (Fsp3) is 0.467. The highest BCUT2D eigenvalue weighted by Gasteiger charge is 2.39. The van der Waals surface area contributed by atoms with Crippen LogP contribution in [0.25, 0.3) is 15.2 Å². The van der Waals surface area contributed by atoms with E-state index in [9.17, 15) is 23.9 Å². The van der Waals surface area contributed by atoms with E-state index in [1.807, 2.05) is 0 Å². The van der Waals surface area contributed by atoms with Crippen LogP contribution >= 0.6 is 11.3 Å². The number of likely N-dealkylation sites (tertiary alicyclic amines) is 1. The number of thiophene rings is 1. The zero-order valence-corrected chi connectivity index (χ0v) is 25.7. The molecular weight excluding hydrogens is 577 g/mol. The number of halogens is 1. The van der Waals surface area contributed by atoms with Gasteiger partial charge in [0.15, 0.2) is 0 Å². The number of methoxy groups -OCH3 is 1. The molecule has 0 spiro atoms. The van der Waals surface area contributed by atoms with Crippen molar-refractivity contribution in [2.75, 3.05) is 26.8 Å². The maximum absolute atomic E-state index is 14.5. The number of aliphatic hydroxyl groups is 1. The average Bonchev–Trinajstić information content (AvgIpc) is 3.74. The van der Waals surface area contributed by atoms with Crippen LogP contribution in [0.4, 0.5) is 4.39 Å². The summed E-state index contributed by atoms with van der Waals surface area (Å²) in [5.74, 6) is -0.517. The van der Waals surface area contributed by atoms with Gasteiger partial charge in [-0.2, -0.15) is 5.10 Å². The molecule has 4 heterocycles. The van der Waals surface area contributed by atoms with Crippen molar-refractivity contribution in [2.45, 2.75) is 64.8 Å². The Morgan fingerprint density at radius 3 is 2.58 bits per heavy atom. The molecule has 1 aliphatic rings. The molecule has 4 aromatic rings. The molecule has 2 atom stereocenters. The topological polar surface area (TPSA) is 121 Å². The number of hydrogen-bond acceptors (Lipinski definition) is 8. The lowest BCUT2D eigenvalue weighted by Crippen LogP contribution is -2.56. The molecule has 0 aliphatic carbocycles. The van der Waals surface area contributed by atoms with Gasteiger partial charge in [0.05, 0.1) is 31.8 Å². The first kappa shape index (κ1) is 30.6. The maximum atomic E-state index is 14.5. The number of aromatic nitrogens is 4. The van der Waals surface area contributed by atoms with E-state index in [2.05, 4.69) is 5.10 Å². The number of benzene rings is 1. The van der Waals surface area contributed by atoms with Crippen LogP contribution in [0.3, 0.4) is 0 Å². The van der Waals surface area contributed by atoms with Crippen LogP contribution in [0.5, 0.6) is 5.75 Å². The van der Waals surface area contributed by atoms with Gasteiger partial charge in [-0.25, -0.2) is 18.4 Å². The average molecular weight is 614 g/mol. The van der Waals surface area contributed by atoms with Gasteiger partial charge in [0.2, 0.25) is 5.91 Å². The summed E-state index contributed by atoms with van der Waals surface area (Å²) >= 11 is 1.21. The highest BCUT2D eigenvalue weighted by atomic mass is 32.1. The number of nitrogens with zero attached hydrogens (tertiary/aromatic N) is 5. The summed E-state index contributed by atoms with van der Waals surface area (Å²) in [5, 5.41) is 15.3. The predicted octanol–water partition coefficient (Wildman–Crippen LogP) is 3.36. The highest BCUT2D eigenvalue weighted by molar-refractivity contribution is 7.21. The van der Waals surface area contributed by atoms with Gasteiger partial charge < -0.3 is 19.5 Å². The zero-order chi connectivity index (χ0) is 31.1. The summed E-state index contributed by atoms with van der Waals surface area (Å²) in [5.41, 5.74) is -1.85. The van der Waals surface area contributed by atoms with Crippen molar-refractivity contribution in [3.05, 3.63) is 74.4 Å². The van der Waals surface area contributed by atoms with Crippen molar-refractivity contribution in [3.8, 4) is 10.8 Å². The van der Waals surface area contributed by atoms with Gasteiger partial charge in [0.1, 0.15) is 33.0 Å². The van der Waals surface area contributed by atoms with Crippen LogP contribution in [0.15, 0.2) is 46.2 Å². The number of aliphatic hydroxyl groups excluding tert-OH is 1. The third-order valence-corrected chi connectivity index (χ3v) is 9.11. The molecule has 230 valence electrons. The SMILES string of the molecule is COc1ccc(F)cc1[C@H](Cn1c(=O)n(C(C)(C)C(=O)N2CCCC2)c(=O)c2c(C)c(-n3cccn3)sc21)OC[C@@H](C)O. The van der Waals surface area contributed by atoms with Crippen LogP contribution < -0.4 is 16.0 Å². The van der Waals surface area contributed by atoms with E-state index in [1.165, 1.54) is 41.2 Å². The van der Waals surface area contributed by atoms with Crippen LogP contribution in [0.1, 0.15) is 50.8 Å². The number of amides is 1. The molecule has 0 unspecified atom stereocenters. The van der Waals surface area contributed by atoms with Gasteiger partial charge in [-0.1, -0.05) is 11.3 Å². The molecule has 1 aliphatic heterocycles. The van der Waals surface area contributed by atoms with Crippen molar-refractivity contribution in [1.82, 2.24) is 23.8 Å². The summed E-state index contributed by atoms with van der Waals surface area (Å²) < 4.78 is 30.1. The number of aryl methyl sites for hydroxylation is 1. The molecule has 1 aromatic carbocycles. The van der Waals surface area contributed by atoms with Crippen LogP contribution in [0.2, 0.25) is 0 Å². The summed E-state index contributed by atoms with van der Waals surface area (Å²) in [6, 6.07) is 5.73. The van der Waals surface area contributed by atoms with Gasteiger partial charge >= 0.3 is 5.69 Å². The van der Waals surface area contributed by atoms with Gasteiger partial charge in [0.25, 0.3) is 5.56 Å². The molecule has 13 heteroatoms.